The molecule has 0 unspecified atom stereocenters. The number of rotatable bonds is 7. The Morgan fingerprint density at radius 2 is 1.17 bits per heavy atom. The molecule has 186 valence electrons. The van der Waals surface area contributed by atoms with Crippen molar-refractivity contribution in [2.45, 2.75) is 92.9 Å². The summed E-state index contributed by atoms with van der Waals surface area (Å²) in [5, 5.41) is 0. The number of benzene rings is 2. The van der Waals surface area contributed by atoms with E-state index in [9.17, 15) is 0 Å². The Labute approximate surface area is 212 Å². The second kappa shape index (κ2) is 11.2. The number of hydrogen-bond donors (Lipinski definition) is 0. The summed E-state index contributed by atoms with van der Waals surface area (Å²) in [6.45, 7) is 21.9. The second-order valence-corrected chi connectivity index (χ2v) is 10.7. The Morgan fingerprint density at radius 1 is 0.743 bits per heavy atom. The van der Waals surface area contributed by atoms with E-state index in [1.54, 1.807) is 0 Å². The zero-order chi connectivity index (χ0) is 25.9. The first kappa shape index (κ1) is 26.6. The lowest BCUT2D eigenvalue weighted by Crippen LogP contribution is -2.09. The van der Waals surface area contributed by atoms with Gasteiger partial charge in [-0.25, -0.2) is 9.98 Å². The van der Waals surface area contributed by atoms with Crippen LogP contribution in [0.2, 0.25) is 0 Å². The van der Waals surface area contributed by atoms with Gasteiger partial charge in [0.1, 0.15) is 17.9 Å². The van der Waals surface area contributed by atoms with E-state index in [-0.39, 0.29) is 0 Å². The Hall–Kier alpha value is -3.01. The van der Waals surface area contributed by atoms with Crippen molar-refractivity contribution < 1.29 is 0 Å². The molecule has 0 aliphatic rings. The van der Waals surface area contributed by atoms with Gasteiger partial charge >= 0.3 is 0 Å². The minimum Gasteiger partial charge on any atom is -0.291 e. The van der Waals surface area contributed by atoms with Crippen LogP contribution in [-0.4, -0.2) is 21.6 Å². The molecular formula is C31H42N4. The highest BCUT2D eigenvalue weighted by Gasteiger charge is 2.16. The molecular weight excluding hydrogens is 428 g/mol. The van der Waals surface area contributed by atoms with Crippen LogP contribution in [0.15, 0.2) is 52.7 Å². The molecule has 0 atom stereocenters. The van der Waals surface area contributed by atoms with E-state index in [2.05, 4.69) is 110 Å². The normalized spacial score (nSPS) is 12.8. The maximum Gasteiger partial charge on any atom is 0.111 e. The van der Waals surface area contributed by atoms with Gasteiger partial charge in [-0.3, -0.25) is 9.56 Å². The molecule has 35 heavy (non-hydrogen) atoms. The molecule has 4 heteroatoms. The topological polar surface area (TPSA) is 42.5 Å². The molecule has 3 aromatic rings. The average molecular weight is 471 g/mol. The zero-order valence-electron chi connectivity index (χ0n) is 23.2. The molecule has 0 aliphatic carbocycles. The molecule has 0 saturated carbocycles. The zero-order valence-corrected chi connectivity index (χ0v) is 23.2. The lowest BCUT2D eigenvalue weighted by Gasteiger charge is -2.17. The molecule has 0 saturated heterocycles. The number of nitrogens with zero attached hydrogens (tertiary/aromatic N) is 4. The van der Waals surface area contributed by atoms with Gasteiger partial charge in [-0.15, -0.1) is 0 Å². The first-order valence-electron chi connectivity index (χ1n) is 12.9. The van der Waals surface area contributed by atoms with Crippen LogP contribution < -0.4 is 0 Å². The van der Waals surface area contributed by atoms with Crippen molar-refractivity contribution in [2.75, 3.05) is 0 Å². The molecule has 0 spiro atoms. The van der Waals surface area contributed by atoms with E-state index in [0.29, 0.717) is 23.7 Å². The van der Waals surface area contributed by atoms with Gasteiger partial charge in [-0.05, 0) is 59.8 Å². The van der Waals surface area contributed by atoms with Crippen molar-refractivity contribution in [3.63, 3.8) is 0 Å². The highest BCUT2D eigenvalue weighted by Crippen LogP contribution is 2.36. The third kappa shape index (κ3) is 5.80. The van der Waals surface area contributed by atoms with Gasteiger partial charge in [0.05, 0.1) is 17.6 Å². The predicted octanol–water partition coefficient (Wildman–Crippen LogP) is 9.03. The minimum atomic E-state index is 0.406. The number of para-hydroxylation sites is 2. The summed E-state index contributed by atoms with van der Waals surface area (Å²) in [6, 6.07) is 13.0. The number of imidazole rings is 1. The van der Waals surface area contributed by atoms with Crippen LogP contribution in [0.25, 0.3) is 0 Å². The van der Waals surface area contributed by atoms with Crippen LogP contribution in [0.3, 0.4) is 0 Å². The Kier molecular flexibility index (Phi) is 8.47. The SMILES string of the molecule is CC(=Nc1c(C(C)C)cccc1C(C)C)n1cnc(C=Nc2c(C(C)C)cccc2C(C)C)c1C. The summed E-state index contributed by atoms with van der Waals surface area (Å²) in [4.78, 5) is 14.8. The van der Waals surface area contributed by atoms with Gasteiger partial charge in [-0.2, -0.15) is 0 Å². The van der Waals surface area contributed by atoms with Crippen molar-refractivity contribution in [3.8, 4) is 0 Å². The van der Waals surface area contributed by atoms with Gasteiger partial charge in [-0.1, -0.05) is 91.8 Å². The summed E-state index contributed by atoms with van der Waals surface area (Å²) >= 11 is 0. The predicted molar refractivity (Wildman–Crippen MR) is 152 cm³/mol. The smallest absolute Gasteiger partial charge is 0.111 e. The molecule has 0 bridgehead atoms. The molecule has 3 rings (SSSR count). The lowest BCUT2D eigenvalue weighted by molar-refractivity contribution is 0.833. The molecule has 2 aromatic carbocycles. The van der Waals surface area contributed by atoms with E-state index < -0.39 is 0 Å². The van der Waals surface area contributed by atoms with Gasteiger partial charge in [0.25, 0.3) is 0 Å². The van der Waals surface area contributed by atoms with Crippen LogP contribution in [0, 0.1) is 6.92 Å². The van der Waals surface area contributed by atoms with Crippen molar-refractivity contribution in [3.05, 3.63) is 76.4 Å². The molecule has 0 aliphatic heterocycles. The van der Waals surface area contributed by atoms with Gasteiger partial charge < -0.3 is 0 Å². The van der Waals surface area contributed by atoms with Crippen LogP contribution in [-0.2, 0) is 0 Å². The fourth-order valence-corrected chi connectivity index (χ4v) is 4.52. The molecule has 4 nitrogen and oxygen atoms in total. The average Bonchev–Trinajstić information content (AvgIpc) is 3.17. The second-order valence-electron chi connectivity index (χ2n) is 10.7. The van der Waals surface area contributed by atoms with Crippen LogP contribution >= 0.6 is 0 Å². The first-order chi connectivity index (χ1) is 16.5. The van der Waals surface area contributed by atoms with Crippen molar-refractivity contribution in [1.82, 2.24) is 9.55 Å². The van der Waals surface area contributed by atoms with E-state index >= 15 is 0 Å². The fraction of sp³-hybridized carbons (Fsp3) is 0.452. The molecule has 0 amide bonds. The van der Waals surface area contributed by atoms with E-state index in [1.165, 1.54) is 22.3 Å². The lowest BCUT2D eigenvalue weighted by atomic mass is 9.93. The van der Waals surface area contributed by atoms with Crippen molar-refractivity contribution >= 4 is 23.4 Å². The fourth-order valence-electron chi connectivity index (χ4n) is 4.52. The summed E-state index contributed by atoms with van der Waals surface area (Å²) in [5.41, 5.74) is 9.17. The quantitative estimate of drug-likeness (QED) is 0.251. The minimum absolute atomic E-state index is 0.406. The molecule has 0 fully saturated rings. The Balaban J connectivity index is 2.03. The molecule has 0 N–H and O–H groups in total. The Morgan fingerprint density at radius 3 is 1.60 bits per heavy atom. The summed E-state index contributed by atoms with van der Waals surface area (Å²) in [7, 11) is 0. The number of hydrogen-bond acceptors (Lipinski definition) is 3. The van der Waals surface area contributed by atoms with Crippen LogP contribution in [0.5, 0.6) is 0 Å². The summed E-state index contributed by atoms with van der Waals surface area (Å²) in [5.74, 6) is 2.54. The summed E-state index contributed by atoms with van der Waals surface area (Å²) in [6.07, 6.45) is 3.77. The van der Waals surface area contributed by atoms with E-state index in [4.69, 9.17) is 15.0 Å². The van der Waals surface area contributed by atoms with Gasteiger partial charge in [0.15, 0.2) is 0 Å². The maximum absolute atomic E-state index is 5.13. The molecule has 1 heterocycles. The van der Waals surface area contributed by atoms with Gasteiger partial charge in [0.2, 0.25) is 0 Å². The third-order valence-corrected chi connectivity index (χ3v) is 6.67. The summed E-state index contributed by atoms with van der Waals surface area (Å²) < 4.78 is 2.07. The Bertz CT molecular complexity index is 1170. The third-order valence-electron chi connectivity index (χ3n) is 6.67. The largest absolute Gasteiger partial charge is 0.291 e. The highest BCUT2D eigenvalue weighted by atomic mass is 15.1. The number of aliphatic imine (C=N–C) groups is 2. The molecule has 0 radical (unpaired) electrons. The molecule has 1 aromatic heterocycles. The van der Waals surface area contributed by atoms with Crippen molar-refractivity contribution in [1.29, 1.82) is 0 Å². The van der Waals surface area contributed by atoms with Crippen LogP contribution in [0.1, 0.15) is 120 Å². The maximum atomic E-state index is 5.13. The number of aromatic nitrogens is 2. The highest BCUT2D eigenvalue weighted by molar-refractivity contribution is 5.89. The van der Waals surface area contributed by atoms with E-state index in [1.807, 2.05) is 12.5 Å². The first-order valence-corrected chi connectivity index (χ1v) is 12.9. The van der Waals surface area contributed by atoms with Crippen LogP contribution in [0.4, 0.5) is 11.4 Å². The monoisotopic (exact) mass is 470 g/mol. The van der Waals surface area contributed by atoms with E-state index in [0.717, 1.165) is 28.6 Å². The van der Waals surface area contributed by atoms with Gasteiger partial charge in [0, 0.05) is 5.69 Å². The van der Waals surface area contributed by atoms with Crippen molar-refractivity contribution in [2.24, 2.45) is 9.98 Å². The standard InChI is InChI=1S/C31H42N4/c1-19(2)25-13-11-14-26(20(3)4)30(25)32-17-29-23(9)35(18-33-29)24(10)34-31-27(21(5)6)15-12-16-28(31)22(7)8/h11-22H,1-10H3.